The fraction of sp³-hybridized carbons (Fsp3) is 0.667. The van der Waals surface area contributed by atoms with Crippen LogP contribution >= 0.6 is 11.3 Å². The third-order valence-electron chi connectivity index (χ3n) is 8.26. The van der Waals surface area contributed by atoms with Gasteiger partial charge >= 0.3 is 0 Å². The summed E-state index contributed by atoms with van der Waals surface area (Å²) in [6.45, 7) is 10.4. The van der Waals surface area contributed by atoms with E-state index in [0.29, 0.717) is 36.7 Å². The molecular weight excluding hydrogens is 478 g/mol. The number of furan rings is 1. The second-order valence-electron chi connectivity index (χ2n) is 12.2. The molecule has 1 saturated carbocycles. The number of rotatable bonds is 7. The number of carbonyl (C=O) groups excluding carboxylic acids is 2. The Bertz CT molecular complexity index is 1090. The highest BCUT2D eigenvalue weighted by Crippen LogP contribution is 2.62. The van der Waals surface area contributed by atoms with E-state index in [0.717, 1.165) is 17.0 Å². The minimum atomic E-state index is -0.687. The molecule has 2 aliphatic rings. The maximum absolute atomic E-state index is 13.1. The summed E-state index contributed by atoms with van der Waals surface area (Å²) in [5, 5.41) is 27.8. The Morgan fingerprint density at radius 3 is 2.67 bits per heavy atom. The van der Waals surface area contributed by atoms with Crippen molar-refractivity contribution in [2.75, 3.05) is 11.9 Å². The highest BCUT2D eigenvalue weighted by Gasteiger charge is 2.59. The van der Waals surface area contributed by atoms with E-state index in [-0.39, 0.29) is 47.5 Å². The number of fused-ring (bicyclic) bond motifs is 2. The van der Waals surface area contributed by atoms with E-state index in [4.69, 9.17) is 9.40 Å². The summed E-state index contributed by atoms with van der Waals surface area (Å²) in [5.41, 5.74) is -0.314. The number of hydrogen-bond donors (Lipinski definition) is 4. The van der Waals surface area contributed by atoms with E-state index in [1.165, 1.54) is 11.3 Å². The molecule has 0 aromatic carbocycles. The zero-order valence-electron chi connectivity index (χ0n) is 21.9. The Morgan fingerprint density at radius 1 is 1.28 bits per heavy atom. The fourth-order valence-electron chi connectivity index (χ4n) is 6.20. The zero-order chi connectivity index (χ0) is 26.3. The minimum Gasteiger partial charge on any atom is -0.467 e. The molecule has 198 valence electrons. The molecule has 0 radical (unpaired) electrons. The van der Waals surface area contributed by atoms with Gasteiger partial charge in [0.2, 0.25) is 11.8 Å². The van der Waals surface area contributed by atoms with Crippen LogP contribution in [-0.2, 0) is 22.6 Å². The van der Waals surface area contributed by atoms with Crippen molar-refractivity contribution in [3.8, 4) is 0 Å². The van der Waals surface area contributed by atoms with Gasteiger partial charge in [0.1, 0.15) is 5.76 Å². The van der Waals surface area contributed by atoms with E-state index in [1.807, 2.05) is 33.8 Å². The van der Waals surface area contributed by atoms with Crippen molar-refractivity contribution in [1.29, 1.82) is 0 Å². The topological polar surface area (TPSA) is 125 Å². The van der Waals surface area contributed by atoms with Crippen LogP contribution in [0.15, 0.2) is 22.8 Å². The van der Waals surface area contributed by atoms with Gasteiger partial charge in [0.05, 0.1) is 31.2 Å². The van der Waals surface area contributed by atoms with Crippen LogP contribution in [0.3, 0.4) is 0 Å². The van der Waals surface area contributed by atoms with E-state index >= 15 is 0 Å². The largest absolute Gasteiger partial charge is 0.467 e. The Hall–Kier alpha value is -2.23. The summed E-state index contributed by atoms with van der Waals surface area (Å²) >= 11 is 1.45. The van der Waals surface area contributed by atoms with E-state index in [9.17, 15) is 19.8 Å². The van der Waals surface area contributed by atoms with E-state index < -0.39 is 11.5 Å². The molecule has 1 fully saturated rings. The van der Waals surface area contributed by atoms with Crippen molar-refractivity contribution in [2.45, 2.75) is 85.3 Å². The van der Waals surface area contributed by atoms with Gasteiger partial charge in [0.15, 0.2) is 5.13 Å². The molecule has 2 amide bonds. The lowest BCUT2D eigenvalue weighted by molar-refractivity contribution is -0.144. The zero-order valence-corrected chi connectivity index (χ0v) is 22.7. The standard InChI is InChI=1S/C27H39N3O5S/c1-25(2,3)13-22(34)29-24-30-23-17(11-21(33)28-14-16-7-6-10-35-16)26(4)9-8-20(32)27(5,15-31)19(26)12-18(23)36-24/h6-7,10,17,19-20,31-32H,8-9,11-15H2,1-5H3,(H,28,33)(H,29,30,34)/t17-,19+,20-,26+,27+/m1/s1. The monoisotopic (exact) mass is 517 g/mol. The van der Waals surface area contributed by atoms with Crippen molar-refractivity contribution in [2.24, 2.45) is 22.2 Å². The molecule has 0 bridgehead atoms. The average Bonchev–Trinajstić information content (AvgIpc) is 3.45. The molecule has 5 atom stereocenters. The van der Waals surface area contributed by atoms with Crippen LogP contribution in [0.4, 0.5) is 5.13 Å². The summed E-state index contributed by atoms with van der Waals surface area (Å²) in [6.07, 6.45) is 3.51. The number of aliphatic hydroxyl groups excluding tert-OH is 2. The van der Waals surface area contributed by atoms with Crippen molar-refractivity contribution in [1.82, 2.24) is 10.3 Å². The van der Waals surface area contributed by atoms with Gasteiger partial charge < -0.3 is 25.3 Å². The second-order valence-corrected chi connectivity index (χ2v) is 13.3. The Balaban J connectivity index is 1.64. The molecule has 2 aromatic rings. The molecule has 2 aromatic heterocycles. The van der Waals surface area contributed by atoms with Crippen LogP contribution in [0.25, 0.3) is 0 Å². The summed E-state index contributed by atoms with van der Waals surface area (Å²) in [5.74, 6) is 0.259. The first-order valence-corrected chi connectivity index (χ1v) is 13.5. The van der Waals surface area contributed by atoms with E-state index in [2.05, 4.69) is 17.6 Å². The summed E-state index contributed by atoms with van der Waals surface area (Å²) in [4.78, 5) is 31.6. The normalized spacial score (nSPS) is 29.8. The molecule has 0 saturated heterocycles. The van der Waals surface area contributed by atoms with Crippen molar-refractivity contribution >= 4 is 28.3 Å². The van der Waals surface area contributed by atoms with Gasteiger partial charge in [-0.05, 0) is 48.1 Å². The lowest BCUT2D eigenvalue weighted by Crippen LogP contribution is -2.57. The number of hydrogen-bond acceptors (Lipinski definition) is 7. The molecule has 8 nitrogen and oxygen atoms in total. The number of aromatic nitrogens is 1. The van der Waals surface area contributed by atoms with Crippen LogP contribution in [0.5, 0.6) is 0 Å². The van der Waals surface area contributed by atoms with Gasteiger partial charge in [-0.3, -0.25) is 9.59 Å². The maximum atomic E-state index is 13.1. The lowest BCUT2D eigenvalue weighted by Gasteiger charge is -2.58. The van der Waals surface area contributed by atoms with Gasteiger partial charge in [0.25, 0.3) is 0 Å². The molecular formula is C27H39N3O5S. The van der Waals surface area contributed by atoms with Gasteiger partial charge in [-0.1, -0.05) is 34.6 Å². The summed E-state index contributed by atoms with van der Waals surface area (Å²) in [6, 6.07) is 3.60. The first-order chi connectivity index (χ1) is 16.9. The highest BCUT2D eigenvalue weighted by molar-refractivity contribution is 7.15. The molecule has 0 spiro atoms. The van der Waals surface area contributed by atoms with Crippen LogP contribution in [0.2, 0.25) is 0 Å². The molecule has 2 heterocycles. The molecule has 2 aliphatic carbocycles. The van der Waals surface area contributed by atoms with E-state index in [1.54, 1.807) is 12.3 Å². The smallest absolute Gasteiger partial charge is 0.226 e. The first kappa shape index (κ1) is 26.8. The maximum Gasteiger partial charge on any atom is 0.226 e. The average molecular weight is 518 g/mol. The molecule has 36 heavy (non-hydrogen) atoms. The molecule has 9 heteroatoms. The first-order valence-electron chi connectivity index (χ1n) is 12.7. The predicted molar refractivity (Wildman–Crippen MR) is 138 cm³/mol. The number of nitrogens with one attached hydrogen (secondary N) is 2. The number of carbonyl (C=O) groups is 2. The Labute approximate surface area is 216 Å². The SMILES string of the molecule is CC(C)(C)CC(=O)Nc1nc2c(s1)C[C@@H]1[C@](C)(CO)[C@H](O)CC[C@@]1(C)[C@@H]2CC(=O)NCc1ccco1. The Morgan fingerprint density at radius 2 is 2.03 bits per heavy atom. The van der Waals surface area contributed by atoms with Crippen LogP contribution < -0.4 is 10.6 Å². The second kappa shape index (κ2) is 9.91. The molecule has 4 rings (SSSR count). The van der Waals surface area contributed by atoms with Crippen LogP contribution in [0, 0.1) is 22.2 Å². The van der Waals surface area contributed by atoms with Gasteiger partial charge in [-0.2, -0.15) is 0 Å². The third kappa shape index (κ3) is 5.24. The van der Waals surface area contributed by atoms with Crippen LogP contribution in [-0.4, -0.2) is 39.7 Å². The number of thiazole rings is 1. The predicted octanol–water partition coefficient (Wildman–Crippen LogP) is 4.23. The number of aliphatic hydroxyl groups is 2. The quantitative estimate of drug-likeness (QED) is 0.436. The van der Waals surface area contributed by atoms with Crippen molar-refractivity contribution in [3.63, 3.8) is 0 Å². The summed E-state index contributed by atoms with van der Waals surface area (Å²) < 4.78 is 5.34. The lowest BCUT2D eigenvalue weighted by atomic mass is 9.47. The molecule has 0 aliphatic heterocycles. The number of nitrogens with zero attached hydrogens (tertiary/aromatic N) is 1. The van der Waals surface area contributed by atoms with Gasteiger partial charge in [-0.15, -0.1) is 11.3 Å². The van der Waals surface area contributed by atoms with Crippen molar-refractivity contribution in [3.05, 3.63) is 34.7 Å². The highest BCUT2D eigenvalue weighted by atomic mass is 32.1. The van der Waals surface area contributed by atoms with Crippen molar-refractivity contribution < 1.29 is 24.2 Å². The number of anilines is 1. The minimum absolute atomic E-state index is 0.0345. The number of amides is 2. The Kier molecular flexibility index (Phi) is 7.38. The molecule has 4 N–H and O–H groups in total. The van der Waals surface area contributed by atoms with Gasteiger partial charge in [-0.25, -0.2) is 4.98 Å². The summed E-state index contributed by atoms with van der Waals surface area (Å²) in [7, 11) is 0. The molecule has 0 unspecified atom stereocenters. The van der Waals surface area contributed by atoms with Crippen LogP contribution in [0.1, 0.15) is 82.6 Å². The third-order valence-corrected chi connectivity index (χ3v) is 9.27. The fourth-order valence-corrected chi connectivity index (χ4v) is 7.29. The van der Waals surface area contributed by atoms with Gasteiger partial charge in [0, 0.05) is 29.1 Å².